The van der Waals surface area contributed by atoms with Crippen molar-refractivity contribution in [3.8, 4) is 0 Å². The Bertz CT molecular complexity index is 445. The Morgan fingerprint density at radius 1 is 1.56 bits per heavy atom. The van der Waals surface area contributed by atoms with Crippen LogP contribution in [0.3, 0.4) is 0 Å². The van der Waals surface area contributed by atoms with Crippen molar-refractivity contribution in [1.82, 2.24) is 4.90 Å². The van der Waals surface area contributed by atoms with Crippen LogP contribution in [0.1, 0.15) is 37.3 Å². The predicted molar refractivity (Wildman–Crippen MR) is 71.1 cm³/mol. The van der Waals surface area contributed by atoms with Crippen LogP contribution in [-0.4, -0.2) is 23.3 Å². The molecule has 0 bridgehead atoms. The lowest BCUT2D eigenvalue weighted by Gasteiger charge is -2.23. The van der Waals surface area contributed by atoms with E-state index in [0.29, 0.717) is 23.7 Å². The van der Waals surface area contributed by atoms with E-state index in [1.54, 1.807) is 12.1 Å². The van der Waals surface area contributed by atoms with Crippen molar-refractivity contribution in [2.75, 3.05) is 6.54 Å². The first-order chi connectivity index (χ1) is 8.61. The van der Waals surface area contributed by atoms with Crippen LogP contribution in [0.15, 0.2) is 18.2 Å². The molecule has 1 aromatic rings. The Hall–Kier alpha value is -1.42. The Morgan fingerprint density at radius 2 is 2.33 bits per heavy atom. The molecule has 3 N–H and O–H groups in total. The Balaban J connectivity index is 2.12. The standard InChI is InChI=1S/C14H20FN3/c1-2-12-4-3-7-18(12)9-11-6-5-10(14(16)17)8-13(11)15/h5-6,8,12H,2-4,7,9H2,1H3,(H3,16,17). The van der Waals surface area contributed by atoms with Gasteiger partial charge in [-0.2, -0.15) is 0 Å². The zero-order chi connectivity index (χ0) is 13.1. The summed E-state index contributed by atoms with van der Waals surface area (Å²) >= 11 is 0. The summed E-state index contributed by atoms with van der Waals surface area (Å²) in [7, 11) is 0. The fraction of sp³-hybridized carbons (Fsp3) is 0.500. The number of halogens is 1. The van der Waals surface area contributed by atoms with E-state index in [2.05, 4.69) is 11.8 Å². The molecule has 0 aromatic heterocycles. The molecule has 0 spiro atoms. The predicted octanol–water partition coefficient (Wildman–Crippen LogP) is 2.48. The van der Waals surface area contributed by atoms with E-state index < -0.39 is 0 Å². The molecule has 1 aliphatic heterocycles. The maximum Gasteiger partial charge on any atom is 0.128 e. The zero-order valence-electron chi connectivity index (χ0n) is 10.7. The summed E-state index contributed by atoms with van der Waals surface area (Å²) in [5, 5.41) is 7.29. The van der Waals surface area contributed by atoms with E-state index in [4.69, 9.17) is 11.1 Å². The largest absolute Gasteiger partial charge is 0.384 e. The number of nitrogens with one attached hydrogen (secondary N) is 1. The van der Waals surface area contributed by atoms with Crippen LogP contribution in [0.25, 0.3) is 0 Å². The number of nitrogens with two attached hydrogens (primary N) is 1. The molecular weight excluding hydrogens is 229 g/mol. The molecule has 1 fully saturated rings. The number of likely N-dealkylation sites (tertiary alicyclic amines) is 1. The van der Waals surface area contributed by atoms with Gasteiger partial charge in [-0.1, -0.05) is 19.1 Å². The maximum atomic E-state index is 13.9. The monoisotopic (exact) mass is 249 g/mol. The fourth-order valence-electron chi connectivity index (χ4n) is 2.63. The Morgan fingerprint density at radius 3 is 2.94 bits per heavy atom. The highest BCUT2D eigenvalue weighted by Crippen LogP contribution is 2.23. The van der Waals surface area contributed by atoms with E-state index in [1.807, 2.05) is 0 Å². The first-order valence-corrected chi connectivity index (χ1v) is 6.48. The summed E-state index contributed by atoms with van der Waals surface area (Å²) in [6.45, 7) is 3.88. The molecule has 0 radical (unpaired) electrons. The number of rotatable bonds is 4. The summed E-state index contributed by atoms with van der Waals surface area (Å²) in [4.78, 5) is 2.34. The minimum atomic E-state index is -0.260. The lowest BCUT2D eigenvalue weighted by atomic mass is 10.1. The number of nitrogens with zero attached hydrogens (tertiary/aromatic N) is 1. The smallest absolute Gasteiger partial charge is 0.128 e. The van der Waals surface area contributed by atoms with Gasteiger partial charge in [0, 0.05) is 23.7 Å². The van der Waals surface area contributed by atoms with Crippen molar-refractivity contribution in [2.24, 2.45) is 5.73 Å². The Labute approximate surface area is 107 Å². The molecule has 1 aromatic carbocycles. The quantitative estimate of drug-likeness (QED) is 0.636. The third-order valence-electron chi connectivity index (χ3n) is 3.71. The second-order valence-electron chi connectivity index (χ2n) is 4.89. The lowest BCUT2D eigenvalue weighted by Crippen LogP contribution is -2.28. The minimum absolute atomic E-state index is 0.0898. The first kappa shape index (κ1) is 13.0. The highest BCUT2D eigenvalue weighted by atomic mass is 19.1. The van der Waals surface area contributed by atoms with E-state index in [1.165, 1.54) is 18.9 Å². The molecule has 1 unspecified atom stereocenters. The van der Waals surface area contributed by atoms with E-state index in [9.17, 15) is 4.39 Å². The molecule has 18 heavy (non-hydrogen) atoms. The lowest BCUT2D eigenvalue weighted by molar-refractivity contribution is 0.237. The van der Waals surface area contributed by atoms with Crippen molar-refractivity contribution in [3.63, 3.8) is 0 Å². The molecule has 2 rings (SSSR count). The maximum absolute atomic E-state index is 13.9. The molecule has 1 heterocycles. The summed E-state index contributed by atoms with van der Waals surface area (Å²) in [5.74, 6) is -0.350. The molecule has 98 valence electrons. The van der Waals surface area contributed by atoms with Gasteiger partial charge in [0.05, 0.1) is 0 Å². The SMILES string of the molecule is CCC1CCCN1Cc1ccc(C(=N)N)cc1F. The van der Waals surface area contributed by atoms with Crippen molar-refractivity contribution in [2.45, 2.75) is 38.8 Å². The topological polar surface area (TPSA) is 53.1 Å². The van der Waals surface area contributed by atoms with Gasteiger partial charge in [-0.3, -0.25) is 10.3 Å². The zero-order valence-corrected chi connectivity index (χ0v) is 10.7. The number of amidine groups is 1. The molecule has 0 aliphatic carbocycles. The molecular formula is C14H20FN3. The molecule has 1 saturated heterocycles. The highest BCUT2D eigenvalue weighted by Gasteiger charge is 2.23. The van der Waals surface area contributed by atoms with Gasteiger partial charge in [0.2, 0.25) is 0 Å². The summed E-state index contributed by atoms with van der Waals surface area (Å²) in [5.41, 5.74) is 6.49. The van der Waals surface area contributed by atoms with E-state index in [-0.39, 0.29) is 11.7 Å². The van der Waals surface area contributed by atoms with Gasteiger partial charge in [-0.25, -0.2) is 4.39 Å². The van der Waals surface area contributed by atoms with Crippen molar-refractivity contribution in [1.29, 1.82) is 5.41 Å². The van der Waals surface area contributed by atoms with E-state index >= 15 is 0 Å². The van der Waals surface area contributed by atoms with Gasteiger partial charge < -0.3 is 5.73 Å². The van der Waals surface area contributed by atoms with Crippen LogP contribution >= 0.6 is 0 Å². The molecule has 1 atom stereocenters. The van der Waals surface area contributed by atoms with Gasteiger partial charge in [-0.05, 0) is 31.9 Å². The van der Waals surface area contributed by atoms with Crippen LogP contribution in [0.5, 0.6) is 0 Å². The second kappa shape index (κ2) is 5.48. The second-order valence-corrected chi connectivity index (χ2v) is 4.89. The third kappa shape index (κ3) is 2.70. The van der Waals surface area contributed by atoms with Gasteiger partial charge in [0.25, 0.3) is 0 Å². The third-order valence-corrected chi connectivity index (χ3v) is 3.71. The van der Waals surface area contributed by atoms with Crippen LogP contribution in [0.2, 0.25) is 0 Å². The van der Waals surface area contributed by atoms with Crippen molar-refractivity contribution in [3.05, 3.63) is 35.1 Å². The van der Waals surface area contributed by atoms with Crippen LogP contribution < -0.4 is 5.73 Å². The molecule has 4 heteroatoms. The summed E-state index contributed by atoms with van der Waals surface area (Å²) < 4.78 is 13.9. The number of hydrogen-bond donors (Lipinski definition) is 2. The average Bonchev–Trinajstić information content (AvgIpc) is 2.78. The van der Waals surface area contributed by atoms with Gasteiger partial charge in [0.15, 0.2) is 0 Å². The van der Waals surface area contributed by atoms with Crippen molar-refractivity contribution >= 4 is 5.84 Å². The van der Waals surface area contributed by atoms with Gasteiger partial charge in [-0.15, -0.1) is 0 Å². The van der Waals surface area contributed by atoms with Gasteiger partial charge >= 0.3 is 0 Å². The normalized spacial score (nSPS) is 20.2. The first-order valence-electron chi connectivity index (χ1n) is 6.48. The summed E-state index contributed by atoms with van der Waals surface area (Å²) in [6, 6.07) is 5.40. The highest BCUT2D eigenvalue weighted by molar-refractivity contribution is 5.94. The molecule has 1 aliphatic rings. The van der Waals surface area contributed by atoms with Crippen LogP contribution in [0.4, 0.5) is 4.39 Å². The molecule has 0 amide bonds. The minimum Gasteiger partial charge on any atom is -0.384 e. The van der Waals surface area contributed by atoms with Crippen LogP contribution in [-0.2, 0) is 6.54 Å². The number of benzene rings is 1. The van der Waals surface area contributed by atoms with Crippen molar-refractivity contribution < 1.29 is 4.39 Å². The van der Waals surface area contributed by atoms with Gasteiger partial charge in [0.1, 0.15) is 11.7 Å². The molecule has 3 nitrogen and oxygen atoms in total. The Kier molecular flexibility index (Phi) is 3.97. The number of nitrogen functional groups attached to an aromatic ring is 1. The summed E-state index contributed by atoms with van der Waals surface area (Å²) in [6.07, 6.45) is 3.53. The fourth-order valence-corrected chi connectivity index (χ4v) is 2.63. The van der Waals surface area contributed by atoms with E-state index in [0.717, 1.165) is 13.0 Å². The molecule has 0 saturated carbocycles. The van der Waals surface area contributed by atoms with Crippen LogP contribution in [0, 0.1) is 11.2 Å². The average molecular weight is 249 g/mol. The number of hydrogen-bond acceptors (Lipinski definition) is 2.